The van der Waals surface area contributed by atoms with Gasteiger partial charge in [0.2, 0.25) is 0 Å². The number of carboxylic acids is 1. The van der Waals surface area contributed by atoms with E-state index in [2.05, 4.69) is 18.7 Å². The average Bonchev–Trinajstić information content (AvgIpc) is 3.11. The third kappa shape index (κ3) is 13.9. The third-order valence-corrected chi connectivity index (χ3v) is 5.09. The van der Waals surface area contributed by atoms with Crippen molar-refractivity contribution >= 4 is 5.97 Å². The largest absolute Gasteiger partial charge is 0.481 e. The van der Waals surface area contributed by atoms with Crippen molar-refractivity contribution in [2.75, 3.05) is 19.7 Å². The fourth-order valence-corrected chi connectivity index (χ4v) is 3.67. The minimum atomic E-state index is -0.756. The van der Waals surface area contributed by atoms with Crippen molar-refractivity contribution < 1.29 is 19.7 Å². The zero-order valence-corrected chi connectivity index (χ0v) is 20.9. The molecule has 1 heterocycles. The first-order valence-electron chi connectivity index (χ1n) is 11.9. The van der Waals surface area contributed by atoms with Crippen LogP contribution in [0.5, 0.6) is 0 Å². The Morgan fingerprint density at radius 2 is 1.83 bits per heavy atom. The number of β-amino-alcohol motifs (C(OH)–C–C–N with tert-alkyl or cyclic N) is 1. The maximum atomic E-state index is 10.7. The molecule has 1 fully saturated rings. The van der Waals surface area contributed by atoms with Crippen molar-refractivity contribution in [1.29, 1.82) is 0 Å². The first kappa shape index (κ1) is 31.0. The van der Waals surface area contributed by atoms with E-state index in [1.807, 2.05) is 53.7 Å². The van der Waals surface area contributed by atoms with Gasteiger partial charge in [-0.05, 0) is 78.0 Å². The standard InChI is InChI=1S/C15H26O3.C8H17NO.C2H6/c1-5-9-14(18-8-4)13(7-3)12(6-2)10-11-15(16)17;1-7-4-3-5-9(7)6-8(2)10;1-2/h6-7,14H,5,8-11H2,1-4H3,(H,16,17);7-8,10H,3-6H2,1-2H3;1-2H3/b12-6-,13-7+;;/t;7-,8?;/m.1./s1. The molecule has 3 atom stereocenters. The average molecular weight is 428 g/mol. The van der Waals surface area contributed by atoms with Crippen LogP contribution in [-0.4, -0.2) is 59.0 Å². The Balaban J connectivity index is 0. The lowest BCUT2D eigenvalue weighted by atomic mass is 9.93. The number of carbonyl (C=O) groups is 1. The molecule has 2 N–H and O–H groups in total. The van der Waals surface area contributed by atoms with Gasteiger partial charge in [0, 0.05) is 25.6 Å². The predicted molar refractivity (Wildman–Crippen MR) is 128 cm³/mol. The number of likely N-dealkylation sites (tertiary alicyclic amines) is 1. The highest BCUT2D eigenvalue weighted by atomic mass is 16.5. The van der Waals surface area contributed by atoms with Gasteiger partial charge in [-0.3, -0.25) is 9.69 Å². The van der Waals surface area contributed by atoms with Crippen LogP contribution in [0.15, 0.2) is 23.3 Å². The predicted octanol–water partition coefficient (Wildman–Crippen LogP) is 5.83. The zero-order chi connectivity index (χ0) is 23.5. The molecule has 0 amide bonds. The van der Waals surface area contributed by atoms with Crippen LogP contribution in [0.1, 0.15) is 93.9 Å². The summed E-state index contributed by atoms with van der Waals surface area (Å²) in [5.74, 6) is -0.756. The summed E-state index contributed by atoms with van der Waals surface area (Å²) in [5.41, 5.74) is 2.23. The van der Waals surface area contributed by atoms with Gasteiger partial charge in [-0.25, -0.2) is 0 Å². The van der Waals surface area contributed by atoms with Crippen LogP contribution in [0.2, 0.25) is 0 Å². The summed E-state index contributed by atoms with van der Waals surface area (Å²) in [5, 5.41) is 17.9. The van der Waals surface area contributed by atoms with E-state index in [1.54, 1.807) is 0 Å². The van der Waals surface area contributed by atoms with Gasteiger partial charge < -0.3 is 14.9 Å². The topological polar surface area (TPSA) is 70.0 Å². The highest BCUT2D eigenvalue weighted by Crippen LogP contribution is 2.24. The summed E-state index contributed by atoms with van der Waals surface area (Å²) in [4.78, 5) is 13.0. The molecule has 0 aliphatic carbocycles. The lowest BCUT2D eigenvalue weighted by molar-refractivity contribution is -0.136. The number of rotatable bonds is 11. The molecule has 0 saturated carbocycles. The molecule has 0 radical (unpaired) electrons. The minimum Gasteiger partial charge on any atom is -0.481 e. The number of carboxylic acid groups (broad SMARTS) is 1. The number of nitrogens with zero attached hydrogens (tertiary/aromatic N) is 1. The van der Waals surface area contributed by atoms with Gasteiger partial charge >= 0.3 is 5.97 Å². The Labute approximate surface area is 186 Å². The van der Waals surface area contributed by atoms with Gasteiger partial charge in [-0.1, -0.05) is 39.3 Å². The monoisotopic (exact) mass is 427 g/mol. The SMILES string of the molecule is C/C=C(CCC(=O)O)\C(=C/C)C(CCC)OCC.CC.CC(O)CN1CCC[C@H]1C. The summed E-state index contributed by atoms with van der Waals surface area (Å²) in [6.45, 7) is 18.8. The molecule has 0 aromatic heterocycles. The highest BCUT2D eigenvalue weighted by molar-refractivity contribution is 5.67. The van der Waals surface area contributed by atoms with Gasteiger partial charge in [0.1, 0.15) is 0 Å². The molecule has 0 spiro atoms. The minimum absolute atomic E-state index is 0.0880. The second-order valence-electron chi connectivity index (χ2n) is 7.52. The normalized spacial score (nSPS) is 19.3. The molecule has 5 heteroatoms. The fourth-order valence-electron chi connectivity index (χ4n) is 3.67. The maximum absolute atomic E-state index is 10.7. The van der Waals surface area contributed by atoms with E-state index >= 15 is 0 Å². The van der Waals surface area contributed by atoms with Crippen LogP contribution in [0.3, 0.4) is 0 Å². The second kappa shape index (κ2) is 19.8. The molecule has 1 saturated heterocycles. The van der Waals surface area contributed by atoms with Crippen LogP contribution in [0, 0.1) is 0 Å². The van der Waals surface area contributed by atoms with E-state index < -0.39 is 5.97 Å². The van der Waals surface area contributed by atoms with Crippen LogP contribution in [0.25, 0.3) is 0 Å². The first-order chi connectivity index (χ1) is 14.3. The van der Waals surface area contributed by atoms with Crippen molar-refractivity contribution in [2.45, 2.75) is 112 Å². The van der Waals surface area contributed by atoms with Crippen molar-refractivity contribution in [1.82, 2.24) is 4.90 Å². The number of hydrogen-bond acceptors (Lipinski definition) is 4. The Morgan fingerprint density at radius 3 is 2.20 bits per heavy atom. The molecule has 0 aromatic rings. The van der Waals surface area contributed by atoms with Gasteiger partial charge in [0.05, 0.1) is 12.2 Å². The summed E-state index contributed by atoms with van der Waals surface area (Å²) in [7, 11) is 0. The molecule has 1 rings (SSSR count). The van der Waals surface area contributed by atoms with Gasteiger partial charge in [0.25, 0.3) is 0 Å². The van der Waals surface area contributed by atoms with Crippen molar-refractivity contribution in [3.05, 3.63) is 23.3 Å². The molecule has 5 nitrogen and oxygen atoms in total. The molecule has 1 aliphatic heterocycles. The van der Waals surface area contributed by atoms with E-state index in [4.69, 9.17) is 14.9 Å². The summed E-state index contributed by atoms with van der Waals surface area (Å²) in [6, 6.07) is 0.689. The smallest absolute Gasteiger partial charge is 0.303 e. The molecule has 178 valence electrons. The van der Waals surface area contributed by atoms with E-state index in [1.165, 1.54) is 19.4 Å². The molecule has 30 heavy (non-hydrogen) atoms. The lowest BCUT2D eigenvalue weighted by Crippen LogP contribution is -2.33. The van der Waals surface area contributed by atoms with Crippen molar-refractivity contribution in [2.24, 2.45) is 0 Å². The highest BCUT2D eigenvalue weighted by Gasteiger charge is 2.20. The summed E-state index contributed by atoms with van der Waals surface area (Å²) >= 11 is 0. The van der Waals surface area contributed by atoms with Gasteiger partial charge in [-0.2, -0.15) is 0 Å². The van der Waals surface area contributed by atoms with E-state index in [9.17, 15) is 4.79 Å². The van der Waals surface area contributed by atoms with Gasteiger partial charge in [0.15, 0.2) is 0 Å². The second-order valence-corrected chi connectivity index (χ2v) is 7.52. The van der Waals surface area contributed by atoms with Crippen LogP contribution in [0.4, 0.5) is 0 Å². The lowest BCUT2D eigenvalue weighted by Gasteiger charge is -2.22. The first-order valence-corrected chi connectivity index (χ1v) is 11.9. The molecule has 1 aliphatic rings. The number of hydrogen-bond donors (Lipinski definition) is 2. The van der Waals surface area contributed by atoms with E-state index in [-0.39, 0.29) is 18.6 Å². The number of aliphatic hydroxyl groups is 1. The third-order valence-electron chi connectivity index (χ3n) is 5.09. The Morgan fingerprint density at radius 1 is 1.20 bits per heavy atom. The maximum Gasteiger partial charge on any atom is 0.303 e. The van der Waals surface area contributed by atoms with Crippen LogP contribution < -0.4 is 0 Å². The van der Waals surface area contributed by atoms with E-state index in [0.717, 1.165) is 30.5 Å². The molecule has 0 aromatic carbocycles. The fraction of sp³-hybridized carbons (Fsp3) is 0.800. The van der Waals surface area contributed by atoms with Gasteiger partial charge in [-0.15, -0.1) is 0 Å². The van der Waals surface area contributed by atoms with Crippen LogP contribution >= 0.6 is 0 Å². The quantitative estimate of drug-likeness (QED) is 0.406. The number of ether oxygens (including phenoxy) is 1. The van der Waals surface area contributed by atoms with E-state index in [0.29, 0.717) is 19.1 Å². The Kier molecular flexibility index (Phi) is 20.4. The summed E-state index contributed by atoms with van der Waals surface area (Å²) < 4.78 is 5.77. The number of aliphatic carboxylic acids is 1. The number of allylic oxidation sites excluding steroid dienone is 2. The molecular formula is C25H49NO4. The Bertz CT molecular complexity index is 480. The van der Waals surface area contributed by atoms with Crippen LogP contribution in [-0.2, 0) is 9.53 Å². The Hall–Kier alpha value is -1.17. The number of aliphatic hydroxyl groups excluding tert-OH is 1. The van der Waals surface area contributed by atoms with Crippen molar-refractivity contribution in [3.8, 4) is 0 Å². The molecule has 2 unspecified atom stereocenters. The van der Waals surface area contributed by atoms with Crippen molar-refractivity contribution in [3.63, 3.8) is 0 Å². The molecular weight excluding hydrogens is 378 g/mol. The molecule has 0 bridgehead atoms. The zero-order valence-electron chi connectivity index (χ0n) is 20.9. The summed E-state index contributed by atoms with van der Waals surface area (Å²) in [6.07, 6.45) is 9.33.